The molecule has 19 heavy (non-hydrogen) atoms. The predicted molar refractivity (Wildman–Crippen MR) is 72.9 cm³/mol. The second-order valence-corrected chi connectivity index (χ2v) is 5.70. The quantitative estimate of drug-likeness (QED) is 0.884. The van der Waals surface area contributed by atoms with Crippen molar-refractivity contribution in [2.45, 2.75) is 26.4 Å². The van der Waals surface area contributed by atoms with Crippen LogP contribution in [0, 0.1) is 17.7 Å². The number of rotatable bonds is 5. The van der Waals surface area contributed by atoms with Crippen LogP contribution in [0.4, 0.5) is 4.39 Å². The van der Waals surface area contributed by atoms with Crippen molar-refractivity contribution >= 4 is 5.91 Å². The molecule has 0 bridgehead atoms. The van der Waals surface area contributed by atoms with Crippen molar-refractivity contribution in [2.75, 3.05) is 14.1 Å². The van der Waals surface area contributed by atoms with Gasteiger partial charge in [-0.3, -0.25) is 4.79 Å². The van der Waals surface area contributed by atoms with Gasteiger partial charge in [0.25, 0.3) is 0 Å². The summed E-state index contributed by atoms with van der Waals surface area (Å²) in [5.74, 6) is 0.616. The van der Waals surface area contributed by atoms with Crippen LogP contribution in [0.25, 0.3) is 0 Å². The van der Waals surface area contributed by atoms with E-state index >= 15 is 0 Å². The van der Waals surface area contributed by atoms with E-state index in [0.29, 0.717) is 24.6 Å². The molecule has 1 aliphatic rings. The monoisotopic (exact) mass is 264 g/mol. The summed E-state index contributed by atoms with van der Waals surface area (Å²) >= 11 is 0. The molecular formula is C15H21FN2O. The highest BCUT2D eigenvalue weighted by Crippen LogP contribution is 2.37. The van der Waals surface area contributed by atoms with Crippen molar-refractivity contribution < 1.29 is 9.18 Å². The van der Waals surface area contributed by atoms with E-state index in [4.69, 9.17) is 0 Å². The molecule has 0 saturated heterocycles. The van der Waals surface area contributed by atoms with Gasteiger partial charge in [-0.2, -0.15) is 0 Å². The zero-order valence-corrected chi connectivity index (χ0v) is 11.7. The number of hydrogen-bond acceptors (Lipinski definition) is 2. The van der Waals surface area contributed by atoms with E-state index in [-0.39, 0.29) is 17.6 Å². The SMILES string of the molecule is CC1CC1C(=O)NCc1ccc(F)c(CN(C)C)c1. The fourth-order valence-corrected chi connectivity index (χ4v) is 2.21. The Kier molecular flexibility index (Phi) is 4.20. The van der Waals surface area contributed by atoms with E-state index in [0.717, 1.165) is 12.0 Å². The fraction of sp³-hybridized carbons (Fsp3) is 0.533. The van der Waals surface area contributed by atoms with Crippen molar-refractivity contribution in [3.63, 3.8) is 0 Å². The van der Waals surface area contributed by atoms with E-state index in [1.54, 1.807) is 6.07 Å². The average molecular weight is 264 g/mol. The molecule has 1 aliphatic carbocycles. The smallest absolute Gasteiger partial charge is 0.223 e. The normalized spacial score (nSPS) is 21.5. The first-order chi connectivity index (χ1) is 8.97. The van der Waals surface area contributed by atoms with Gasteiger partial charge in [-0.15, -0.1) is 0 Å². The molecule has 1 aromatic rings. The molecule has 1 saturated carbocycles. The lowest BCUT2D eigenvalue weighted by Gasteiger charge is -2.12. The lowest BCUT2D eigenvalue weighted by atomic mass is 10.1. The number of benzene rings is 1. The third-order valence-electron chi connectivity index (χ3n) is 3.51. The molecule has 1 amide bonds. The van der Waals surface area contributed by atoms with E-state index < -0.39 is 0 Å². The average Bonchev–Trinajstić information content (AvgIpc) is 3.06. The first kappa shape index (κ1) is 14.0. The molecule has 2 rings (SSSR count). The molecule has 4 heteroatoms. The van der Waals surface area contributed by atoms with Crippen LogP contribution in [0.15, 0.2) is 18.2 Å². The first-order valence-electron chi connectivity index (χ1n) is 6.67. The second kappa shape index (κ2) is 5.70. The van der Waals surface area contributed by atoms with Crippen molar-refractivity contribution in [3.8, 4) is 0 Å². The molecule has 3 nitrogen and oxygen atoms in total. The summed E-state index contributed by atoms with van der Waals surface area (Å²) in [6.07, 6.45) is 0.987. The lowest BCUT2D eigenvalue weighted by Crippen LogP contribution is -2.25. The van der Waals surface area contributed by atoms with Gasteiger partial charge < -0.3 is 10.2 Å². The molecule has 0 aromatic heterocycles. The predicted octanol–water partition coefficient (Wildman–Crippen LogP) is 2.16. The van der Waals surface area contributed by atoms with E-state index in [1.807, 2.05) is 25.1 Å². The molecule has 2 unspecified atom stereocenters. The molecule has 0 radical (unpaired) electrons. The van der Waals surface area contributed by atoms with Crippen molar-refractivity contribution in [1.29, 1.82) is 0 Å². The third-order valence-corrected chi connectivity index (χ3v) is 3.51. The van der Waals surface area contributed by atoms with Gasteiger partial charge in [0.2, 0.25) is 5.91 Å². The maximum absolute atomic E-state index is 13.6. The molecule has 1 N–H and O–H groups in total. The zero-order chi connectivity index (χ0) is 14.0. The Morgan fingerprint density at radius 2 is 2.16 bits per heavy atom. The number of amides is 1. The summed E-state index contributed by atoms with van der Waals surface area (Å²) in [5.41, 5.74) is 1.61. The van der Waals surface area contributed by atoms with Gasteiger partial charge in [0.1, 0.15) is 5.82 Å². The number of hydrogen-bond donors (Lipinski definition) is 1. The van der Waals surface area contributed by atoms with Crippen LogP contribution < -0.4 is 5.32 Å². The highest BCUT2D eigenvalue weighted by Gasteiger charge is 2.38. The van der Waals surface area contributed by atoms with Gasteiger partial charge in [0.05, 0.1) is 0 Å². The molecule has 1 aromatic carbocycles. The van der Waals surface area contributed by atoms with Gasteiger partial charge in [0, 0.05) is 24.6 Å². The number of halogens is 1. The first-order valence-corrected chi connectivity index (χ1v) is 6.67. The van der Waals surface area contributed by atoms with Crippen LogP contribution in [0.2, 0.25) is 0 Å². The minimum absolute atomic E-state index is 0.117. The van der Waals surface area contributed by atoms with Crippen molar-refractivity contribution in [2.24, 2.45) is 11.8 Å². The van der Waals surface area contributed by atoms with Gasteiger partial charge >= 0.3 is 0 Å². The van der Waals surface area contributed by atoms with Gasteiger partial charge in [-0.05, 0) is 44.1 Å². The summed E-state index contributed by atoms with van der Waals surface area (Å²) < 4.78 is 13.6. The van der Waals surface area contributed by atoms with Gasteiger partial charge in [0.15, 0.2) is 0 Å². The molecule has 0 spiro atoms. The maximum Gasteiger partial charge on any atom is 0.223 e. The summed E-state index contributed by atoms with van der Waals surface area (Å²) in [5, 5.41) is 2.92. The number of carbonyl (C=O) groups is 1. The summed E-state index contributed by atoms with van der Waals surface area (Å²) in [6, 6.07) is 5.02. The Labute approximate surface area is 113 Å². The largest absolute Gasteiger partial charge is 0.352 e. The summed E-state index contributed by atoms with van der Waals surface area (Å²) in [6.45, 7) is 3.12. The topological polar surface area (TPSA) is 32.3 Å². The highest BCUT2D eigenvalue weighted by atomic mass is 19.1. The molecule has 0 heterocycles. The second-order valence-electron chi connectivity index (χ2n) is 5.70. The summed E-state index contributed by atoms with van der Waals surface area (Å²) in [7, 11) is 3.81. The summed E-state index contributed by atoms with van der Waals surface area (Å²) in [4.78, 5) is 13.6. The third kappa shape index (κ3) is 3.77. The van der Waals surface area contributed by atoms with Crippen LogP contribution in [0.1, 0.15) is 24.5 Å². The fourth-order valence-electron chi connectivity index (χ4n) is 2.21. The van der Waals surface area contributed by atoms with Crippen LogP contribution in [-0.4, -0.2) is 24.9 Å². The van der Waals surface area contributed by atoms with Crippen LogP contribution in [-0.2, 0) is 17.9 Å². The Morgan fingerprint density at radius 1 is 1.47 bits per heavy atom. The standard InChI is InChI=1S/C15H21FN2O/c1-10-6-13(10)15(19)17-8-11-4-5-14(16)12(7-11)9-18(2)3/h4-5,7,10,13H,6,8-9H2,1-3H3,(H,17,19). The van der Waals surface area contributed by atoms with Crippen LogP contribution >= 0.6 is 0 Å². The number of nitrogens with one attached hydrogen (secondary N) is 1. The Hall–Kier alpha value is -1.42. The molecule has 2 atom stereocenters. The van der Waals surface area contributed by atoms with Gasteiger partial charge in [-0.25, -0.2) is 4.39 Å². The molecule has 1 fully saturated rings. The minimum Gasteiger partial charge on any atom is -0.352 e. The molecule has 0 aliphatic heterocycles. The van der Waals surface area contributed by atoms with Crippen LogP contribution in [0.3, 0.4) is 0 Å². The molecular weight excluding hydrogens is 243 g/mol. The van der Waals surface area contributed by atoms with Gasteiger partial charge in [-0.1, -0.05) is 13.0 Å². The maximum atomic E-state index is 13.6. The Morgan fingerprint density at radius 3 is 2.74 bits per heavy atom. The number of carbonyl (C=O) groups excluding carboxylic acids is 1. The van der Waals surface area contributed by atoms with Crippen molar-refractivity contribution in [3.05, 3.63) is 35.1 Å². The van der Waals surface area contributed by atoms with E-state index in [1.165, 1.54) is 6.07 Å². The Balaban J connectivity index is 1.94. The van der Waals surface area contributed by atoms with Crippen LogP contribution in [0.5, 0.6) is 0 Å². The molecule has 104 valence electrons. The van der Waals surface area contributed by atoms with Crippen molar-refractivity contribution in [1.82, 2.24) is 10.2 Å². The highest BCUT2D eigenvalue weighted by molar-refractivity contribution is 5.81. The Bertz CT molecular complexity index is 473. The lowest BCUT2D eigenvalue weighted by molar-refractivity contribution is -0.122. The van der Waals surface area contributed by atoms with E-state index in [9.17, 15) is 9.18 Å². The number of nitrogens with zero attached hydrogens (tertiary/aromatic N) is 1. The van der Waals surface area contributed by atoms with E-state index in [2.05, 4.69) is 12.2 Å². The minimum atomic E-state index is -0.195. The zero-order valence-electron chi connectivity index (χ0n) is 11.7.